The molecule has 0 aliphatic heterocycles. The van der Waals surface area contributed by atoms with E-state index in [-0.39, 0.29) is 18.4 Å². The van der Waals surface area contributed by atoms with Gasteiger partial charge in [0.25, 0.3) is 5.97 Å². The van der Waals surface area contributed by atoms with Crippen molar-refractivity contribution in [2.45, 2.75) is 20.8 Å². The van der Waals surface area contributed by atoms with Crippen molar-refractivity contribution >= 4 is 17.8 Å². The van der Waals surface area contributed by atoms with E-state index < -0.39 is 11.4 Å². The standard InChI is InChI=1S/C17H20N4O3.C2H4O2/c1-17(2,16(22)23-3)10-24-14-7-5-11(8-21-14)13-6-4-12(9-20-13)15(18)19;1-2(3)4/h4-9H,10H2,1-3H3,(H3,18,19);1H3,(H,3,4). The molecule has 9 nitrogen and oxygen atoms in total. The molecule has 0 amide bonds. The zero-order valence-corrected chi connectivity index (χ0v) is 16.2. The van der Waals surface area contributed by atoms with Crippen LogP contribution in [0.2, 0.25) is 0 Å². The minimum absolute atomic E-state index is 0.0239. The van der Waals surface area contributed by atoms with Gasteiger partial charge in [-0.15, -0.1) is 0 Å². The van der Waals surface area contributed by atoms with Gasteiger partial charge in [-0.3, -0.25) is 20.0 Å². The predicted octanol–water partition coefficient (Wildman–Crippen LogP) is 2.10. The molecule has 0 spiro atoms. The summed E-state index contributed by atoms with van der Waals surface area (Å²) in [6.07, 6.45) is 3.18. The van der Waals surface area contributed by atoms with Gasteiger partial charge < -0.3 is 20.3 Å². The molecule has 0 aliphatic carbocycles. The van der Waals surface area contributed by atoms with Crippen LogP contribution in [0.1, 0.15) is 26.3 Å². The van der Waals surface area contributed by atoms with E-state index in [1.165, 1.54) is 7.11 Å². The molecule has 2 heterocycles. The van der Waals surface area contributed by atoms with E-state index in [0.717, 1.165) is 12.5 Å². The van der Waals surface area contributed by atoms with Crippen LogP contribution >= 0.6 is 0 Å². The maximum atomic E-state index is 11.6. The normalized spacial score (nSPS) is 10.3. The van der Waals surface area contributed by atoms with Gasteiger partial charge in [-0.2, -0.15) is 0 Å². The smallest absolute Gasteiger partial charge is 0.314 e. The number of rotatable bonds is 6. The third-order valence-electron chi connectivity index (χ3n) is 3.43. The lowest BCUT2D eigenvalue weighted by molar-refractivity contribution is -0.152. The molecule has 0 atom stereocenters. The average molecular weight is 388 g/mol. The molecular formula is C19H24N4O5. The highest BCUT2D eigenvalue weighted by molar-refractivity contribution is 5.94. The second kappa shape index (κ2) is 10.0. The van der Waals surface area contributed by atoms with Crippen LogP contribution in [0.25, 0.3) is 11.3 Å². The second-order valence-corrected chi connectivity index (χ2v) is 6.41. The Morgan fingerprint density at radius 1 is 1.18 bits per heavy atom. The van der Waals surface area contributed by atoms with Crippen LogP contribution in [0.15, 0.2) is 36.7 Å². The lowest BCUT2D eigenvalue weighted by Crippen LogP contribution is -2.32. The quantitative estimate of drug-likeness (QED) is 0.387. The Kier molecular flexibility index (Phi) is 8.06. The van der Waals surface area contributed by atoms with Gasteiger partial charge in [0, 0.05) is 36.5 Å². The number of carbonyl (C=O) groups excluding carboxylic acids is 1. The zero-order valence-electron chi connectivity index (χ0n) is 16.2. The number of nitrogen functional groups attached to an aromatic ring is 1. The average Bonchev–Trinajstić information content (AvgIpc) is 2.65. The van der Waals surface area contributed by atoms with Gasteiger partial charge in [-0.25, -0.2) is 4.98 Å². The van der Waals surface area contributed by atoms with Crippen LogP contribution in [0, 0.1) is 10.8 Å². The van der Waals surface area contributed by atoms with Crippen molar-refractivity contribution in [1.29, 1.82) is 5.41 Å². The molecule has 0 fully saturated rings. The minimum Gasteiger partial charge on any atom is -0.481 e. The van der Waals surface area contributed by atoms with Crippen molar-refractivity contribution in [3.05, 3.63) is 42.2 Å². The van der Waals surface area contributed by atoms with Gasteiger partial charge >= 0.3 is 5.97 Å². The van der Waals surface area contributed by atoms with Gasteiger partial charge in [0.05, 0.1) is 18.2 Å². The van der Waals surface area contributed by atoms with Crippen LogP contribution in [-0.2, 0) is 14.3 Å². The fourth-order valence-corrected chi connectivity index (χ4v) is 1.93. The number of carboxylic acids is 1. The molecular weight excluding hydrogens is 364 g/mol. The van der Waals surface area contributed by atoms with Crippen LogP contribution in [-0.4, -0.2) is 46.6 Å². The lowest BCUT2D eigenvalue weighted by Gasteiger charge is -2.21. The van der Waals surface area contributed by atoms with Crippen LogP contribution in [0.5, 0.6) is 5.88 Å². The third kappa shape index (κ3) is 7.02. The molecule has 0 saturated heterocycles. The number of pyridine rings is 2. The Balaban J connectivity index is 0.000000892. The number of carbonyl (C=O) groups is 2. The first-order chi connectivity index (χ1) is 13.1. The van der Waals surface area contributed by atoms with Crippen LogP contribution in [0.3, 0.4) is 0 Å². The molecule has 9 heteroatoms. The lowest BCUT2D eigenvalue weighted by atomic mass is 9.95. The molecule has 2 aromatic heterocycles. The summed E-state index contributed by atoms with van der Waals surface area (Å²) in [5.41, 5.74) is 6.75. The molecule has 28 heavy (non-hydrogen) atoms. The summed E-state index contributed by atoms with van der Waals surface area (Å²) < 4.78 is 10.3. The molecule has 0 aromatic carbocycles. The molecule has 0 radical (unpaired) electrons. The maximum absolute atomic E-state index is 11.6. The zero-order chi connectivity index (χ0) is 21.3. The molecule has 0 bridgehead atoms. The monoisotopic (exact) mass is 388 g/mol. The number of nitrogens with two attached hydrogens (primary N) is 1. The molecule has 2 aromatic rings. The highest BCUT2D eigenvalue weighted by atomic mass is 16.5. The van der Waals surface area contributed by atoms with E-state index in [4.69, 9.17) is 30.5 Å². The Labute approximate surface area is 163 Å². The number of amidine groups is 1. The van der Waals surface area contributed by atoms with E-state index in [0.29, 0.717) is 17.1 Å². The van der Waals surface area contributed by atoms with Gasteiger partial charge in [-0.1, -0.05) is 0 Å². The first kappa shape index (κ1) is 22.6. The summed E-state index contributed by atoms with van der Waals surface area (Å²) in [6, 6.07) is 7.04. The fraction of sp³-hybridized carbons (Fsp3) is 0.316. The van der Waals surface area contributed by atoms with Crippen molar-refractivity contribution < 1.29 is 24.2 Å². The number of ether oxygens (including phenoxy) is 2. The first-order valence-electron chi connectivity index (χ1n) is 8.24. The molecule has 0 saturated carbocycles. The number of hydrogen-bond acceptors (Lipinski definition) is 7. The van der Waals surface area contributed by atoms with E-state index in [9.17, 15) is 4.79 Å². The summed E-state index contributed by atoms with van der Waals surface area (Å²) in [5.74, 6) is -0.783. The van der Waals surface area contributed by atoms with Crippen molar-refractivity contribution in [2.24, 2.45) is 11.1 Å². The molecule has 150 valence electrons. The van der Waals surface area contributed by atoms with E-state index in [1.807, 2.05) is 6.07 Å². The Morgan fingerprint density at radius 3 is 2.25 bits per heavy atom. The highest BCUT2D eigenvalue weighted by Crippen LogP contribution is 2.21. The minimum atomic E-state index is -0.833. The first-order valence-corrected chi connectivity index (χ1v) is 8.24. The van der Waals surface area contributed by atoms with Crippen LogP contribution < -0.4 is 10.5 Å². The van der Waals surface area contributed by atoms with Crippen LogP contribution in [0.4, 0.5) is 0 Å². The Bertz CT molecular complexity index is 813. The number of nitrogens with one attached hydrogen (secondary N) is 1. The number of carboxylic acid groups (broad SMARTS) is 1. The molecule has 4 N–H and O–H groups in total. The van der Waals surface area contributed by atoms with Crippen molar-refractivity contribution in [1.82, 2.24) is 9.97 Å². The summed E-state index contributed by atoms with van der Waals surface area (Å²) in [7, 11) is 1.35. The number of esters is 1. The fourth-order valence-electron chi connectivity index (χ4n) is 1.93. The Morgan fingerprint density at radius 2 is 1.82 bits per heavy atom. The SMILES string of the molecule is CC(=O)O.COC(=O)C(C)(C)COc1ccc(-c2ccc(C(=N)N)cn2)cn1. The molecule has 0 unspecified atom stereocenters. The summed E-state index contributed by atoms with van der Waals surface area (Å²) in [6.45, 7) is 4.74. The van der Waals surface area contributed by atoms with E-state index >= 15 is 0 Å². The summed E-state index contributed by atoms with van der Waals surface area (Å²) >= 11 is 0. The second-order valence-electron chi connectivity index (χ2n) is 6.41. The number of methoxy groups -OCH3 is 1. The van der Waals surface area contributed by atoms with Crippen molar-refractivity contribution in [3.8, 4) is 17.1 Å². The van der Waals surface area contributed by atoms with E-state index in [1.54, 1.807) is 44.4 Å². The van der Waals surface area contributed by atoms with Crippen molar-refractivity contribution in [2.75, 3.05) is 13.7 Å². The topological polar surface area (TPSA) is 148 Å². The van der Waals surface area contributed by atoms with Gasteiger partial charge in [-0.05, 0) is 32.0 Å². The largest absolute Gasteiger partial charge is 0.481 e. The number of hydrogen-bond donors (Lipinski definition) is 3. The highest BCUT2D eigenvalue weighted by Gasteiger charge is 2.29. The third-order valence-corrected chi connectivity index (χ3v) is 3.43. The number of aliphatic carboxylic acids is 1. The van der Waals surface area contributed by atoms with Gasteiger partial charge in [0.2, 0.25) is 5.88 Å². The number of nitrogens with zero attached hydrogens (tertiary/aromatic N) is 2. The summed E-state index contributed by atoms with van der Waals surface area (Å²) in [5, 5.41) is 14.8. The Hall–Kier alpha value is -3.49. The van der Waals surface area contributed by atoms with Gasteiger partial charge in [0.15, 0.2) is 0 Å². The molecule has 2 rings (SSSR count). The van der Waals surface area contributed by atoms with Gasteiger partial charge in [0.1, 0.15) is 12.4 Å². The number of aromatic nitrogens is 2. The maximum Gasteiger partial charge on any atom is 0.314 e. The van der Waals surface area contributed by atoms with Crippen molar-refractivity contribution in [3.63, 3.8) is 0 Å². The van der Waals surface area contributed by atoms with E-state index in [2.05, 4.69) is 9.97 Å². The molecule has 0 aliphatic rings. The summed E-state index contributed by atoms with van der Waals surface area (Å²) in [4.78, 5) is 29.1. The predicted molar refractivity (Wildman–Crippen MR) is 103 cm³/mol.